The number of benzene rings is 2. The molecule has 1 aromatic heterocycles. The lowest BCUT2D eigenvalue weighted by Crippen LogP contribution is -2.17. The highest BCUT2D eigenvalue weighted by molar-refractivity contribution is 6.05. The smallest absolute Gasteiger partial charge is 0.313 e. The normalized spacial score (nSPS) is 12.2. The molecule has 158 valence electrons. The maximum Gasteiger partial charge on any atom is 0.313 e. The topological polar surface area (TPSA) is 68.5 Å². The van der Waals surface area contributed by atoms with Gasteiger partial charge < -0.3 is 9.84 Å². The summed E-state index contributed by atoms with van der Waals surface area (Å²) in [7, 11) is 0. The van der Waals surface area contributed by atoms with Gasteiger partial charge >= 0.3 is 5.97 Å². The Morgan fingerprint density at radius 1 is 1.20 bits per heavy atom. The van der Waals surface area contributed by atoms with Crippen molar-refractivity contribution < 1.29 is 28.2 Å². The van der Waals surface area contributed by atoms with E-state index in [9.17, 15) is 23.5 Å². The van der Waals surface area contributed by atoms with Crippen LogP contribution >= 0.6 is 0 Å². The fourth-order valence-corrected chi connectivity index (χ4v) is 3.58. The molecule has 0 aliphatic carbocycles. The van der Waals surface area contributed by atoms with Crippen molar-refractivity contribution in [3.8, 4) is 5.75 Å². The van der Waals surface area contributed by atoms with Crippen LogP contribution in [0.25, 0.3) is 10.9 Å². The predicted molar refractivity (Wildman–Crippen MR) is 109 cm³/mol. The van der Waals surface area contributed by atoms with Crippen LogP contribution in [0.15, 0.2) is 36.4 Å². The number of esters is 1. The van der Waals surface area contributed by atoms with E-state index >= 15 is 0 Å². The Bertz CT molecular complexity index is 1120. The van der Waals surface area contributed by atoms with Crippen LogP contribution in [0.3, 0.4) is 0 Å². The zero-order valence-electron chi connectivity index (χ0n) is 17.0. The summed E-state index contributed by atoms with van der Waals surface area (Å²) in [5.41, 5.74) is 0.835. The van der Waals surface area contributed by atoms with Crippen LogP contribution in [0.2, 0.25) is 0 Å². The fraction of sp³-hybridized carbons (Fsp3) is 0.304. The molecule has 2 aromatic carbocycles. The van der Waals surface area contributed by atoms with E-state index in [1.807, 2.05) is 6.92 Å². The van der Waals surface area contributed by atoms with Gasteiger partial charge in [0.1, 0.15) is 5.82 Å². The van der Waals surface area contributed by atoms with Crippen molar-refractivity contribution in [3.05, 3.63) is 64.9 Å². The minimum absolute atomic E-state index is 0.0304. The van der Waals surface area contributed by atoms with Gasteiger partial charge in [0.2, 0.25) is 0 Å². The molecule has 0 saturated carbocycles. The lowest BCUT2D eigenvalue weighted by Gasteiger charge is -2.13. The van der Waals surface area contributed by atoms with E-state index in [0.717, 1.165) is 18.6 Å². The van der Waals surface area contributed by atoms with Crippen molar-refractivity contribution in [3.63, 3.8) is 0 Å². The summed E-state index contributed by atoms with van der Waals surface area (Å²) in [4.78, 5) is 25.7. The Morgan fingerprint density at radius 2 is 1.93 bits per heavy atom. The number of halogens is 2. The first-order valence-corrected chi connectivity index (χ1v) is 9.77. The number of phenolic OH excluding ortho intramolecular Hbond substituents is 1. The Kier molecular flexibility index (Phi) is 6.20. The number of nitrogens with zero attached hydrogens (tertiary/aromatic N) is 1. The molecule has 0 spiro atoms. The van der Waals surface area contributed by atoms with Gasteiger partial charge in [-0.05, 0) is 56.2 Å². The van der Waals surface area contributed by atoms with Crippen molar-refractivity contribution in [1.29, 1.82) is 0 Å². The number of carbonyl (C=O) groups is 2. The average molecular weight is 415 g/mol. The maximum atomic E-state index is 14.9. The number of phenols is 1. The lowest BCUT2D eigenvalue weighted by atomic mass is 9.97. The first kappa shape index (κ1) is 21.5. The molecule has 3 rings (SSSR count). The van der Waals surface area contributed by atoms with Crippen molar-refractivity contribution in [2.75, 3.05) is 6.61 Å². The van der Waals surface area contributed by atoms with E-state index < -0.39 is 35.2 Å². The number of aromatic hydroxyl groups is 1. The second-order valence-electron chi connectivity index (χ2n) is 7.19. The highest BCUT2D eigenvalue weighted by atomic mass is 19.1. The van der Waals surface area contributed by atoms with E-state index in [-0.39, 0.29) is 28.6 Å². The number of hydrogen-bond acceptors (Lipinski definition) is 4. The van der Waals surface area contributed by atoms with Gasteiger partial charge in [-0.1, -0.05) is 19.4 Å². The zero-order chi connectivity index (χ0) is 22.0. The van der Waals surface area contributed by atoms with Gasteiger partial charge in [-0.3, -0.25) is 14.2 Å². The first-order chi connectivity index (χ1) is 14.3. The molecule has 0 saturated heterocycles. The standard InChI is InChI=1S/C23H23F2NO4/c1-4-5-11-30-23(29)13(2)19-14(3)26(17-9-10-18(27)21(25)20(17)19)22(28)15-7-6-8-16(24)12-15/h6-10,12-13,27H,4-5,11H2,1-3H3. The van der Waals surface area contributed by atoms with E-state index in [1.54, 1.807) is 13.8 Å². The number of rotatable bonds is 6. The summed E-state index contributed by atoms with van der Waals surface area (Å²) in [5, 5.41) is 9.86. The van der Waals surface area contributed by atoms with E-state index in [2.05, 4.69) is 0 Å². The molecule has 1 unspecified atom stereocenters. The third-order valence-electron chi connectivity index (χ3n) is 5.14. The van der Waals surface area contributed by atoms with Crippen LogP contribution in [0.5, 0.6) is 5.75 Å². The summed E-state index contributed by atoms with van der Waals surface area (Å²) in [6.45, 7) is 5.36. The van der Waals surface area contributed by atoms with Gasteiger partial charge in [0.25, 0.3) is 5.91 Å². The molecular formula is C23H23F2NO4. The van der Waals surface area contributed by atoms with Crippen LogP contribution in [-0.2, 0) is 9.53 Å². The molecule has 5 nitrogen and oxygen atoms in total. The summed E-state index contributed by atoms with van der Waals surface area (Å²) in [6, 6.07) is 7.71. The molecule has 0 bridgehead atoms. The van der Waals surface area contributed by atoms with E-state index in [0.29, 0.717) is 12.1 Å². The highest BCUT2D eigenvalue weighted by Gasteiger charge is 2.30. The third-order valence-corrected chi connectivity index (χ3v) is 5.14. The molecule has 0 aliphatic rings. The summed E-state index contributed by atoms with van der Waals surface area (Å²) >= 11 is 0. The number of aromatic nitrogens is 1. The molecule has 1 heterocycles. The number of carbonyl (C=O) groups excluding carboxylic acids is 2. The molecule has 0 aliphatic heterocycles. The molecule has 7 heteroatoms. The van der Waals surface area contributed by atoms with Gasteiger partial charge in [-0.25, -0.2) is 8.78 Å². The molecule has 3 aromatic rings. The minimum atomic E-state index is -0.926. The minimum Gasteiger partial charge on any atom is -0.505 e. The summed E-state index contributed by atoms with van der Waals surface area (Å²) in [5.74, 6) is -4.09. The van der Waals surface area contributed by atoms with Gasteiger partial charge in [0, 0.05) is 16.6 Å². The number of hydrogen-bond donors (Lipinski definition) is 1. The molecule has 30 heavy (non-hydrogen) atoms. The van der Waals surface area contributed by atoms with Crippen LogP contribution in [0.4, 0.5) is 8.78 Å². The zero-order valence-corrected chi connectivity index (χ0v) is 17.0. The van der Waals surface area contributed by atoms with Crippen LogP contribution in [0.1, 0.15) is 54.2 Å². The third kappa shape index (κ3) is 3.79. The SMILES string of the molecule is CCCCOC(=O)C(C)c1c(C)n(C(=O)c2cccc(F)c2)c2ccc(O)c(F)c12. The van der Waals surface area contributed by atoms with Crippen LogP contribution in [0, 0.1) is 18.6 Å². The van der Waals surface area contributed by atoms with Gasteiger partial charge in [-0.15, -0.1) is 0 Å². The van der Waals surface area contributed by atoms with E-state index in [4.69, 9.17) is 4.74 Å². The second-order valence-corrected chi connectivity index (χ2v) is 7.19. The van der Waals surface area contributed by atoms with Crippen molar-refractivity contribution >= 4 is 22.8 Å². The number of ether oxygens (including phenoxy) is 1. The monoisotopic (exact) mass is 415 g/mol. The molecular weight excluding hydrogens is 392 g/mol. The van der Waals surface area contributed by atoms with Crippen LogP contribution < -0.4 is 0 Å². The average Bonchev–Trinajstić information content (AvgIpc) is 3.02. The predicted octanol–water partition coefficient (Wildman–Crippen LogP) is 5.07. The van der Waals surface area contributed by atoms with Crippen molar-refractivity contribution in [2.45, 2.75) is 39.5 Å². The van der Waals surface area contributed by atoms with Gasteiger partial charge in [0.15, 0.2) is 11.6 Å². The largest absolute Gasteiger partial charge is 0.505 e. The maximum absolute atomic E-state index is 14.9. The quantitative estimate of drug-likeness (QED) is 0.451. The first-order valence-electron chi connectivity index (χ1n) is 9.77. The molecule has 0 fully saturated rings. The van der Waals surface area contributed by atoms with Gasteiger partial charge in [0.05, 0.1) is 18.0 Å². The summed E-state index contributed by atoms with van der Waals surface area (Å²) < 4.78 is 35.1. The second kappa shape index (κ2) is 8.65. The highest BCUT2D eigenvalue weighted by Crippen LogP contribution is 2.37. The molecule has 0 amide bonds. The molecule has 1 N–H and O–H groups in total. The van der Waals surface area contributed by atoms with Gasteiger partial charge in [-0.2, -0.15) is 0 Å². The molecule has 1 atom stereocenters. The van der Waals surface area contributed by atoms with Crippen LogP contribution in [-0.4, -0.2) is 28.2 Å². The Hall–Kier alpha value is -3.22. The Morgan fingerprint density at radius 3 is 2.60 bits per heavy atom. The number of fused-ring (bicyclic) bond motifs is 1. The lowest BCUT2D eigenvalue weighted by molar-refractivity contribution is -0.145. The van der Waals surface area contributed by atoms with Crippen molar-refractivity contribution in [1.82, 2.24) is 4.57 Å². The Balaban J connectivity index is 2.18. The number of unbranched alkanes of at least 4 members (excludes halogenated alkanes) is 1. The summed E-state index contributed by atoms with van der Waals surface area (Å²) in [6.07, 6.45) is 1.55. The Labute approximate surface area is 172 Å². The fourth-order valence-electron chi connectivity index (χ4n) is 3.58. The van der Waals surface area contributed by atoms with E-state index in [1.165, 1.54) is 28.8 Å². The molecule has 0 radical (unpaired) electrons. The van der Waals surface area contributed by atoms with Crippen molar-refractivity contribution in [2.24, 2.45) is 0 Å².